The Kier molecular flexibility index (Phi) is 6.71. The number of aryl methyl sites for hydroxylation is 2. The Bertz CT molecular complexity index is 989. The van der Waals surface area contributed by atoms with Gasteiger partial charge in [-0.15, -0.1) is 0 Å². The van der Waals surface area contributed by atoms with Crippen molar-refractivity contribution < 1.29 is 23.8 Å². The number of benzene rings is 2. The van der Waals surface area contributed by atoms with Crippen LogP contribution in [0.5, 0.6) is 17.2 Å². The van der Waals surface area contributed by atoms with Gasteiger partial charge in [-0.25, -0.2) is 0 Å². The maximum atomic E-state index is 11.7. The van der Waals surface area contributed by atoms with Crippen molar-refractivity contribution >= 4 is 40.6 Å². The zero-order valence-corrected chi connectivity index (χ0v) is 17.8. The van der Waals surface area contributed by atoms with Crippen molar-refractivity contribution in [3.8, 4) is 17.2 Å². The van der Waals surface area contributed by atoms with Gasteiger partial charge in [-0.1, -0.05) is 23.7 Å². The van der Waals surface area contributed by atoms with E-state index < -0.39 is 11.1 Å². The van der Waals surface area contributed by atoms with Crippen molar-refractivity contribution in [2.75, 3.05) is 20.3 Å². The van der Waals surface area contributed by atoms with Crippen LogP contribution in [-0.2, 0) is 4.79 Å². The number of rotatable bonds is 7. The van der Waals surface area contributed by atoms with Crippen molar-refractivity contribution in [1.29, 1.82) is 0 Å². The fourth-order valence-corrected chi connectivity index (χ4v) is 3.65. The minimum Gasteiger partial charge on any atom is -0.493 e. The summed E-state index contributed by atoms with van der Waals surface area (Å²) in [5.74, 6) is 1.20. The monoisotopic (exact) mass is 433 g/mol. The summed E-state index contributed by atoms with van der Waals surface area (Å²) < 4.78 is 16.9. The van der Waals surface area contributed by atoms with E-state index in [1.54, 1.807) is 18.2 Å². The van der Waals surface area contributed by atoms with Crippen molar-refractivity contribution in [2.45, 2.75) is 13.8 Å². The van der Waals surface area contributed by atoms with Gasteiger partial charge >= 0.3 is 0 Å². The lowest BCUT2D eigenvalue weighted by atomic mass is 10.1. The highest BCUT2D eigenvalue weighted by atomic mass is 35.5. The number of methoxy groups -OCH3 is 1. The lowest BCUT2D eigenvalue weighted by molar-refractivity contribution is -0.115. The van der Waals surface area contributed by atoms with Gasteiger partial charge in [0.05, 0.1) is 17.0 Å². The highest BCUT2D eigenvalue weighted by molar-refractivity contribution is 8.18. The molecule has 152 valence electrons. The molecule has 2 aromatic rings. The van der Waals surface area contributed by atoms with E-state index in [1.165, 1.54) is 7.11 Å². The van der Waals surface area contributed by atoms with Gasteiger partial charge in [0.25, 0.3) is 11.1 Å². The van der Waals surface area contributed by atoms with E-state index >= 15 is 0 Å². The Morgan fingerprint density at radius 1 is 1.07 bits per heavy atom. The number of thioether (sulfide) groups is 1. The van der Waals surface area contributed by atoms with Gasteiger partial charge in [0.1, 0.15) is 19.0 Å². The molecular formula is C21H20ClNO5S. The normalized spacial score (nSPS) is 14.8. The average molecular weight is 434 g/mol. The molecule has 29 heavy (non-hydrogen) atoms. The molecule has 0 saturated carbocycles. The number of imide groups is 1. The summed E-state index contributed by atoms with van der Waals surface area (Å²) in [5.41, 5.74) is 2.80. The van der Waals surface area contributed by atoms with Crippen LogP contribution in [0.3, 0.4) is 0 Å². The van der Waals surface area contributed by atoms with Gasteiger partial charge in [0.2, 0.25) is 0 Å². The molecule has 0 aliphatic carbocycles. The first-order chi connectivity index (χ1) is 13.9. The molecule has 6 nitrogen and oxygen atoms in total. The minimum atomic E-state index is -0.431. The first-order valence-corrected chi connectivity index (χ1v) is 10.0. The Morgan fingerprint density at radius 3 is 2.52 bits per heavy atom. The molecule has 0 spiro atoms. The molecule has 1 N–H and O–H groups in total. The summed E-state index contributed by atoms with van der Waals surface area (Å²) in [5, 5.41) is 2.14. The SMILES string of the molecule is COc1cc(C=C2SC(=O)NC2=O)cc(Cl)c1OCCOc1cc(C)ccc1C. The largest absolute Gasteiger partial charge is 0.493 e. The van der Waals surface area contributed by atoms with Crippen LogP contribution in [0.25, 0.3) is 6.08 Å². The maximum absolute atomic E-state index is 11.7. The standard InChI is InChI=1S/C21H20ClNO5S/c1-12-4-5-13(2)16(8-12)27-6-7-28-19-15(22)9-14(10-17(19)26-3)11-18-20(24)23-21(25)29-18/h4-5,8-11H,6-7H2,1-3H3,(H,23,24,25). The van der Waals surface area contributed by atoms with Gasteiger partial charge in [0, 0.05) is 0 Å². The molecule has 1 saturated heterocycles. The zero-order valence-electron chi connectivity index (χ0n) is 16.2. The van der Waals surface area contributed by atoms with Crippen molar-refractivity contribution in [3.05, 3.63) is 56.9 Å². The maximum Gasteiger partial charge on any atom is 0.290 e. The third kappa shape index (κ3) is 5.25. The Balaban J connectivity index is 1.68. The second-order valence-corrected chi connectivity index (χ2v) is 7.77. The molecule has 0 bridgehead atoms. The topological polar surface area (TPSA) is 73.9 Å². The van der Waals surface area contributed by atoms with Gasteiger partial charge < -0.3 is 14.2 Å². The fraction of sp³-hybridized carbons (Fsp3) is 0.238. The number of carbonyl (C=O) groups excluding carboxylic acids is 2. The molecule has 0 radical (unpaired) electrons. The third-order valence-electron chi connectivity index (χ3n) is 4.12. The van der Waals surface area contributed by atoms with Gasteiger partial charge in [0.15, 0.2) is 11.5 Å². The summed E-state index contributed by atoms with van der Waals surface area (Å²) in [6.07, 6.45) is 1.58. The van der Waals surface area contributed by atoms with Crippen molar-refractivity contribution in [2.24, 2.45) is 0 Å². The molecule has 2 amide bonds. The molecule has 3 rings (SSSR count). The molecule has 1 aliphatic heterocycles. The van der Waals surface area contributed by atoms with E-state index in [0.29, 0.717) is 33.6 Å². The van der Waals surface area contributed by atoms with Crippen LogP contribution in [0.4, 0.5) is 4.79 Å². The molecule has 8 heteroatoms. The molecule has 0 aromatic heterocycles. The smallest absolute Gasteiger partial charge is 0.290 e. The van der Waals surface area contributed by atoms with Crippen molar-refractivity contribution in [3.63, 3.8) is 0 Å². The number of hydrogen-bond donors (Lipinski definition) is 1. The minimum absolute atomic E-state index is 0.274. The summed E-state index contributed by atoms with van der Waals surface area (Å²) in [4.78, 5) is 23.3. The molecule has 1 heterocycles. The number of amides is 2. The summed E-state index contributed by atoms with van der Waals surface area (Å²) in [7, 11) is 1.50. The number of carbonyl (C=O) groups is 2. The molecule has 2 aromatic carbocycles. The number of halogens is 1. The van der Waals surface area contributed by atoms with Crippen LogP contribution in [0.15, 0.2) is 35.2 Å². The van der Waals surface area contributed by atoms with Crippen LogP contribution in [0, 0.1) is 13.8 Å². The van der Waals surface area contributed by atoms with Crippen LogP contribution in [0.2, 0.25) is 5.02 Å². The Hall–Kier alpha value is -2.64. The fourth-order valence-electron chi connectivity index (χ4n) is 2.69. The quantitative estimate of drug-likeness (QED) is 0.502. The second-order valence-electron chi connectivity index (χ2n) is 6.35. The Labute approximate surface area is 178 Å². The molecule has 0 atom stereocenters. The Morgan fingerprint density at radius 2 is 1.83 bits per heavy atom. The van der Waals surface area contributed by atoms with Crippen LogP contribution in [-0.4, -0.2) is 31.5 Å². The number of ether oxygens (including phenoxy) is 3. The third-order valence-corrected chi connectivity index (χ3v) is 5.21. The zero-order chi connectivity index (χ0) is 21.0. The van der Waals surface area contributed by atoms with E-state index in [0.717, 1.165) is 28.6 Å². The lowest BCUT2D eigenvalue weighted by Crippen LogP contribution is -2.17. The average Bonchev–Trinajstić information content (AvgIpc) is 2.99. The van der Waals surface area contributed by atoms with E-state index in [1.807, 2.05) is 32.0 Å². The first-order valence-electron chi connectivity index (χ1n) is 8.82. The van der Waals surface area contributed by atoms with E-state index in [-0.39, 0.29) is 6.61 Å². The number of hydrogen-bond acceptors (Lipinski definition) is 6. The molecular weight excluding hydrogens is 414 g/mol. The molecule has 1 fully saturated rings. The predicted octanol–water partition coefficient (Wildman–Crippen LogP) is 4.75. The van der Waals surface area contributed by atoms with Crippen LogP contribution >= 0.6 is 23.4 Å². The van der Waals surface area contributed by atoms with E-state index in [4.69, 9.17) is 25.8 Å². The predicted molar refractivity (Wildman–Crippen MR) is 114 cm³/mol. The highest BCUT2D eigenvalue weighted by Crippen LogP contribution is 2.38. The highest BCUT2D eigenvalue weighted by Gasteiger charge is 2.25. The van der Waals surface area contributed by atoms with Gasteiger partial charge in [-0.2, -0.15) is 0 Å². The van der Waals surface area contributed by atoms with Gasteiger partial charge in [-0.3, -0.25) is 14.9 Å². The molecule has 0 unspecified atom stereocenters. The summed E-state index contributed by atoms with van der Waals surface area (Å²) in [6, 6.07) is 9.36. The van der Waals surface area contributed by atoms with Crippen LogP contribution in [0.1, 0.15) is 16.7 Å². The second kappa shape index (κ2) is 9.24. The first kappa shape index (κ1) is 21.1. The van der Waals surface area contributed by atoms with Crippen molar-refractivity contribution in [1.82, 2.24) is 5.32 Å². The summed E-state index contributed by atoms with van der Waals surface area (Å²) in [6.45, 7) is 4.61. The van der Waals surface area contributed by atoms with E-state index in [9.17, 15) is 9.59 Å². The van der Waals surface area contributed by atoms with Crippen LogP contribution < -0.4 is 19.5 Å². The van der Waals surface area contributed by atoms with Gasteiger partial charge in [-0.05, 0) is 66.6 Å². The van der Waals surface area contributed by atoms with E-state index in [2.05, 4.69) is 5.32 Å². The number of nitrogens with one attached hydrogen (secondary N) is 1. The summed E-state index contributed by atoms with van der Waals surface area (Å²) >= 11 is 7.20. The lowest BCUT2D eigenvalue weighted by Gasteiger charge is -2.14. The molecule has 1 aliphatic rings.